The molecule has 0 saturated heterocycles. The lowest BCUT2D eigenvalue weighted by Gasteiger charge is -2.08. The lowest BCUT2D eigenvalue weighted by Crippen LogP contribution is -2.15. The molecule has 1 N–H and O–H groups in total. The van der Waals surface area contributed by atoms with Crippen LogP contribution >= 0.6 is 15.9 Å². The first-order chi connectivity index (χ1) is 9.02. The van der Waals surface area contributed by atoms with Crippen LogP contribution < -0.4 is 5.32 Å². The molecule has 1 amide bonds. The Morgan fingerprint density at radius 1 is 1.42 bits per heavy atom. The van der Waals surface area contributed by atoms with Crippen LogP contribution in [0.3, 0.4) is 0 Å². The highest BCUT2D eigenvalue weighted by molar-refractivity contribution is 9.10. The number of amides is 1. The number of hydrogen-bond donors (Lipinski definition) is 1. The third-order valence-corrected chi connectivity index (χ3v) is 3.41. The van der Waals surface area contributed by atoms with Gasteiger partial charge in [-0.25, -0.2) is 0 Å². The quantitative estimate of drug-likeness (QED) is 0.933. The number of nitrogens with one attached hydrogen (secondary N) is 1. The van der Waals surface area contributed by atoms with Crippen LogP contribution in [0, 0.1) is 13.8 Å². The molecule has 0 atom stereocenters. The lowest BCUT2D eigenvalue weighted by atomic mass is 10.1. The molecule has 1 aromatic carbocycles. The highest BCUT2D eigenvalue weighted by Gasteiger charge is 2.19. The standard InChI is InChI=1S/C14H15BrN2O2/c1-4-12-13(9(3)17-19-12)14(18)16-11-6-5-10(15)7-8(11)2/h5-7H,4H2,1-3H3,(H,16,18). The van der Waals surface area contributed by atoms with E-state index in [0.717, 1.165) is 15.7 Å². The summed E-state index contributed by atoms with van der Waals surface area (Å²) in [5.41, 5.74) is 2.93. The first kappa shape index (κ1) is 13.8. The van der Waals surface area contributed by atoms with E-state index < -0.39 is 0 Å². The summed E-state index contributed by atoms with van der Waals surface area (Å²) >= 11 is 3.40. The number of aryl methyl sites for hydroxylation is 3. The highest BCUT2D eigenvalue weighted by Crippen LogP contribution is 2.22. The zero-order valence-electron chi connectivity index (χ0n) is 11.1. The molecule has 0 spiro atoms. The van der Waals surface area contributed by atoms with Gasteiger partial charge in [-0.05, 0) is 37.6 Å². The van der Waals surface area contributed by atoms with Crippen molar-refractivity contribution in [3.63, 3.8) is 0 Å². The number of benzene rings is 1. The van der Waals surface area contributed by atoms with Gasteiger partial charge in [-0.3, -0.25) is 4.79 Å². The number of rotatable bonds is 3. The molecule has 19 heavy (non-hydrogen) atoms. The van der Waals surface area contributed by atoms with E-state index >= 15 is 0 Å². The summed E-state index contributed by atoms with van der Waals surface area (Å²) < 4.78 is 6.12. The molecule has 0 unspecified atom stereocenters. The monoisotopic (exact) mass is 322 g/mol. The zero-order chi connectivity index (χ0) is 14.0. The minimum atomic E-state index is -0.180. The molecule has 0 aliphatic heterocycles. The molecule has 2 aromatic rings. The average Bonchev–Trinajstić information content (AvgIpc) is 2.74. The molecule has 0 saturated carbocycles. The second kappa shape index (κ2) is 5.57. The molecule has 0 aliphatic rings. The Morgan fingerprint density at radius 3 is 2.79 bits per heavy atom. The van der Waals surface area contributed by atoms with Crippen LogP contribution in [0.25, 0.3) is 0 Å². The normalized spacial score (nSPS) is 10.5. The summed E-state index contributed by atoms with van der Waals surface area (Å²) in [5.74, 6) is 0.436. The Labute approximate surface area is 120 Å². The number of carbonyl (C=O) groups excluding carboxylic acids is 1. The van der Waals surface area contributed by atoms with E-state index in [2.05, 4.69) is 26.4 Å². The van der Waals surface area contributed by atoms with Gasteiger partial charge in [0.15, 0.2) is 0 Å². The SMILES string of the molecule is CCc1onc(C)c1C(=O)Nc1ccc(Br)cc1C. The Balaban J connectivity index is 2.28. The summed E-state index contributed by atoms with van der Waals surface area (Å²) in [6.07, 6.45) is 0.642. The van der Waals surface area contributed by atoms with Crippen LogP contribution in [-0.4, -0.2) is 11.1 Å². The van der Waals surface area contributed by atoms with Crippen LogP contribution in [0.2, 0.25) is 0 Å². The van der Waals surface area contributed by atoms with Crippen LogP contribution in [0.5, 0.6) is 0 Å². The lowest BCUT2D eigenvalue weighted by molar-refractivity contribution is 0.102. The third-order valence-electron chi connectivity index (χ3n) is 2.92. The maximum Gasteiger partial charge on any atom is 0.261 e. The average molecular weight is 323 g/mol. The fourth-order valence-corrected chi connectivity index (χ4v) is 2.38. The first-order valence-corrected chi connectivity index (χ1v) is 6.85. The second-order valence-electron chi connectivity index (χ2n) is 4.33. The van der Waals surface area contributed by atoms with E-state index in [4.69, 9.17) is 4.52 Å². The molecular weight excluding hydrogens is 308 g/mol. The molecule has 1 heterocycles. The molecule has 4 nitrogen and oxygen atoms in total. The van der Waals surface area contributed by atoms with E-state index in [1.807, 2.05) is 32.0 Å². The Morgan fingerprint density at radius 2 is 2.16 bits per heavy atom. The third kappa shape index (κ3) is 2.87. The van der Waals surface area contributed by atoms with E-state index in [1.165, 1.54) is 0 Å². The number of halogens is 1. The van der Waals surface area contributed by atoms with Gasteiger partial charge in [0.1, 0.15) is 11.3 Å². The van der Waals surface area contributed by atoms with Crippen LogP contribution in [0.4, 0.5) is 5.69 Å². The minimum absolute atomic E-state index is 0.180. The van der Waals surface area contributed by atoms with Crippen molar-refractivity contribution in [2.75, 3.05) is 5.32 Å². The van der Waals surface area contributed by atoms with Gasteiger partial charge < -0.3 is 9.84 Å². The molecule has 0 radical (unpaired) electrons. The molecule has 0 bridgehead atoms. The van der Waals surface area contributed by atoms with Crippen molar-refractivity contribution in [1.82, 2.24) is 5.16 Å². The molecule has 1 aromatic heterocycles. The van der Waals surface area contributed by atoms with Crippen molar-refractivity contribution < 1.29 is 9.32 Å². The van der Waals surface area contributed by atoms with Crippen LogP contribution in [0.1, 0.15) is 34.3 Å². The van der Waals surface area contributed by atoms with E-state index in [9.17, 15) is 4.79 Å². The summed E-state index contributed by atoms with van der Waals surface area (Å²) in [6.45, 7) is 5.65. The fourth-order valence-electron chi connectivity index (χ4n) is 1.90. The number of nitrogens with zero attached hydrogens (tertiary/aromatic N) is 1. The number of carbonyl (C=O) groups is 1. The maximum absolute atomic E-state index is 12.3. The second-order valence-corrected chi connectivity index (χ2v) is 5.25. The Hall–Kier alpha value is -1.62. The minimum Gasteiger partial charge on any atom is -0.360 e. The largest absolute Gasteiger partial charge is 0.360 e. The van der Waals surface area contributed by atoms with Crippen molar-refractivity contribution in [3.05, 3.63) is 45.3 Å². The fraction of sp³-hybridized carbons (Fsp3) is 0.286. The number of aromatic nitrogens is 1. The first-order valence-electron chi connectivity index (χ1n) is 6.05. The van der Waals surface area contributed by atoms with Crippen molar-refractivity contribution in [3.8, 4) is 0 Å². The Bertz CT molecular complexity index is 620. The smallest absolute Gasteiger partial charge is 0.261 e. The number of anilines is 1. The molecule has 0 fully saturated rings. The predicted octanol–water partition coefficient (Wildman–Crippen LogP) is 3.87. The zero-order valence-corrected chi connectivity index (χ0v) is 12.7. The van der Waals surface area contributed by atoms with E-state index in [0.29, 0.717) is 23.4 Å². The summed E-state index contributed by atoms with van der Waals surface area (Å²) in [5, 5.41) is 6.74. The van der Waals surface area contributed by atoms with Crippen molar-refractivity contribution >= 4 is 27.5 Å². The van der Waals surface area contributed by atoms with Gasteiger partial charge in [-0.2, -0.15) is 0 Å². The van der Waals surface area contributed by atoms with Gasteiger partial charge in [-0.15, -0.1) is 0 Å². The molecule has 0 aliphatic carbocycles. The van der Waals surface area contributed by atoms with E-state index in [1.54, 1.807) is 6.92 Å². The Kier molecular flexibility index (Phi) is 4.04. The summed E-state index contributed by atoms with van der Waals surface area (Å²) in [7, 11) is 0. The van der Waals surface area contributed by atoms with Crippen molar-refractivity contribution in [2.24, 2.45) is 0 Å². The van der Waals surface area contributed by atoms with Gasteiger partial charge in [0.05, 0.1) is 5.69 Å². The van der Waals surface area contributed by atoms with Gasteiger partial charge in [0.2, 0.25) is 0 Å². The summed E-state index contributed by atoms with van der Waals surface area (Å²) in [4.78, 5) is 12.3. The predicted molar refractivity (Wildman–Crippen MR) is 77.5 cm³/mol. The number of hydrogen-bond acceptors (Lipinski definition) is 3. The molecule has 2 rings (SSSR count). The van der Waals surface area contributed by atoms with Crippen LogP contribution in [-0.2, 0) is 6.42 Å². The molecular formula is C14H15BrN2O2. The van der Waals surface area contributed by atoms with E-state index in [-0.39, 0.29) is 5.91 Å². The molecule has 5 heteroatoms. The van der Waals surface area contributed by atoms with Crippen molar-refractivity contribution in [2.45, 2.75) is 27.2 Å². The highest BCUT2D eigenvalue weighted by atomic mass is 79.9. The topological polar surface area (TPSA) is 55.1 Å². The van der Waals surface area contributed by atoms with Gasteiger partial charge >= 0.3 is 0 Å². The molecule has 100 valence electrons. The maximum atomic E-state index is 12.3. The van der Waals surface area contributed by atoms with Gasteiger partial charge in [0, 0.05) is 16.6 Å². The van der Waals surface area contributed by atoms with Crippen molar-refractivity contribution in [1.29, 1.82) is 0 Å². The summed E-state index contributed by atoms with van der Waals surface area (Å²) in [6, 6.07) is 5.71. The van der Waals surface area contributed by atoms with Gasteiger partial charge in [-0.1, -0.05) is 28.0 Å². The van der Waals surface area contributed by atoms with Crippen LogP contribution in [0.15, 0.2) is 27.2 Å². The van der Waals surface area contributed by atoms with Gasteiger partial charge in [0.25, 0.3) is 5.91 Å².